The van der Waals surface area contributed by atoms with Crippen molar-refractivity contribution < 1.29 is 9.53 Å². The van der Waals surface area contributed by atoms with Gasteiger partial charge in [0, 0.05) is 25.6 Å². The molecular weight excluding hydrogens is 192 g/mol. The molecule has 0 aromatic carbocycles. The Bertz CT molecular complexity index is 179. The topological polar surface area (TPSA) is 50.4 Å². The van der Waals surface area contributed by atoms with Gasteiger partial charge in [-0.15, -0.1) is 0 Å². The van der Waals surface area contributed by atoms with E-state index >= 15 is 0 Å². The molecule has 1 unspecified atom stereocenters. The summed E-state index contributed by atoms with van der Waals surface area (Å²) in [5.74, 6) is 0.163. The Morgan fingerprint density at radius 2 is 2.40 bits per heavy atom. The SMILES string of the molecule is CCCCCC(=O)NCC1COCCN1. The van der Waals surface area contributed by atoms with Crippen molar-refractivity contribution in [2.45, 2.75) is 38.6 Å². The van der Waals surface area contributed by atoms with Gasteiger partial charge < -0.3 is 15.4 Å². The summed E-state index contributed by atoms with van der Waals surface area (Å²) in [6.45, 7) is 5.19. The highest BCUT2D eigenvalue weighted by atomic mass is 16.5. The van der Waals surface area contributed by atoms with Gasteiger partial charge in [-0.2, -0.15) is 0 Å². The number of carbonyl (C=O) groups excluding carboxylic acids is 1. The molecule has 4 nitrogen and oxygen atoms in total. The molecule has 0 aromatic rings. The van der Waals surface area contributed by atoms with Crippen LogP contribution in [-0.4, -0.2) is 38.3 Å². The van der Waals surface area contributed by atoms with E-state index in [-0.39, 0.29) is 11.9 Å². The van der Waals surface area contributed by atoms with E-state index in [2.05, 4.69) is 17.6 Å². The zero-order chi connectivity index (χ0) is 10.9. The second-order valence-corrected chi connectivity index (χ2v) is 3.99. The molecule has 0 bridgehead atoms. The molecule has 1 fully saturated rings. The summed E-state index contributed by atoms with van der Waals surface area (Å²) >= 11 is 0. The first-order chi connectivity index (χ1) is 7.33. The number of carbonyl (C=O) groups is 1. The van der Waals surface area contributed by atoms with E-state index in [1.165, 1.54) is 0 Å². The lowest BCUT2D eigenvalue weighted by Gasteiger charge is -2.23. The van der Waals surface area contributed by atoms with Gasteiger partial charge in [-0.25, -0.2) is 0 Å². The Morgan fingerprint density at radius 1 is 1.53 bits per heavy atom. The van der Waals surface area contributed by atoms with Crippen LogP contribution < -0.4 is 10.6 Å². The van der Waals surface area contributed by atoms with Gasteiger partial charge in [0.05, 0.1) is 13.2 Å². The second kappa shape index (κ2) is 7.65. The van der Waals surface area contributed by atoms with Crippen molar-refractivity contribution in [3.63, 3.8) is 0 Å². The summed E-state index contributed by atoms with van der Waals surface area (Å²) in [7, 11) is 0. The number of rotatable bonds is 6. The van der Waals surface area contributed by atoms with E-state index in [1.54, 1.807) is 0 Å². The molecule has 0 spiro atoms. The fourth-order valence-corrected chi connectivity index (χ4v) is 1.61. The van der Waals surface area contributed by atoms with Gasteiger partial charge in [0.1, 0.15) is 0 Å². The molecule has 1 aliphatic heterocycles. The molecular formula is C11H22N2O2. The Kier molecular flexibility index (Phi) is 6.36. The number of hydrogen-bond donors (Lipinski definition) is 2. The van der Waals surface area contributed by atoms with Gasteiger partial charge >= 0.3 is 0 Å². The van der Waals surface area contributed by atoms with Crippen molar-refractivity contribution in [2.75, 3.05) is 26.3 Å². The predicted octanol–water partition coefficient (Wildman–Crippen LogP) is 0.671. The number of nitrogens with one attached hydrogen (secondary N) is 2. The zero-order valence-electron chi connectivity index (χ0n) is 9.55. The Balaban J connectivity index is 2.00. The standard InChI is InChI=1S/C11H22N2O2/c1-2-3-4-5-11(14)13-8-10-9-15-7-6-12-10/h10,12H,2-9H2,1H3,(H,13,14). The summed E-state index contributed by atoms with van der Waals surface area (Å²) in [5.41, 5.74) is 0. The second-order valence-electron chi connectivity index (χ2n) is 3.99. The molecule has 15 heavy (non-hydrogen) atoms. The van der Waals surface area contributed by atoms with E-state index in [4.69, 9.17) is 4.74 Å². The lowest BCUT2D eigenvalue weighted by Crippen LogP contribution is -2.48. The molecule has 1 saturated heterocycles. The summed E-state index contributed by atoms with van der Waals surface area (Å²) in [4.78, 5) is 11.4. The first-order valence-electron chi connectivity index (χ1n) is 5.90. The van der Waals surface area contributed by atoms with E-state index in [0.29, 0.717) is 19.6 Å². The molecule has 1 atom stereocenters. The number of amides is 1. The summed E-state index contributed by atoms with van der Waals surface area (Å²) in [6.07, 6.45) is 3.95. The van der Waals surface area contributed by atoms with Crippen LogP contribution in [0, 0.1) is 0 Å². The van der Waals surface area contributed by atoms with Crippen LogP contribution in [0.2, 0.25) is 0 Å². The molecule has 1 heterocycles. The molecule has 0 aromatic heterocycles. The van der Waals surface area contributed by atoms with Gasteiger partial charge in [0.25, 0.3) is 0 Å². The number of ether oxygens (including phenoxy) is 1. The van der Waals surface area contributed by atoms with Crippen LogP contribution in [0.4, 0.5) is 0 Å². The minimum absolute atomic E-state index is 0.163. The maximum absolute atomic E-state index is 11.4. The number of unbranched alkanes of at least 4 members (excludes halogenated alkanes) is 2. The van der Waals surface area contributed by atoms with E-state index in [9.17, 15) is 4.79 Å². The van der Waals surface area contributed by atoms with E-state index < -0.39 is 0 Å². The monoisotopic (exact) mass is 214 g/mol. The normalized spacial score (nSPS) is 21.3. The Hall–Kier alpha value is -0.610. The van der Waals surface area contributed by atoms with Crippen LogP contribution >= 0.6 is 0 Å². The fraction of sp³-hybridized carbons (Fsp3) is 0.909. The maximum Gasteiger partial charge on any atom is 0.220 e. The number of morpholine rings is 1. The highest BCUT2D eigenvalue weighted by Gasteiger charge is 2.13. The van der Waals surface area contributed by atoms with Crippen molar-refractivity contribution in [1.29, 1.82) is 0 Å². The van der Waals surface area contributed by atoms with E-state index in [0.717, 1.165) is 32.4 Å². The largest absolute Gasteiger partial charge is 0.378 e. The lowest BCUT2D eigenvalue weighted by molar-refractivity contribution is -0.121. The fourth-order valence-electron chi connectivity index (χ4n) is 1.61. The third-order valence-corrected chi connectivity index (χ3v) is 2.55. The molecule has 1 amide bonds. The van der Waals surface area contributed by atoms with E-state index in [1.807, 2.05) is 0 Å². The summed E-state index contributed by atoms with van der Waals surface area (Å²) in [6, 6.07) is 0.286. The van der Waals surface area contributed by atoms with Crippen LogP contribution in [0.25, 0.3) is 0 Å². The van der Waals surface area contributed by atoms with Crippen LogP contribution in [0.5, 0.6) is 0 Å². The number of hydrogen-bond acceptors (Lipinski definition) is 3. The maximum atomic E-state index is 11.4. The third-order valence-electron chi connectivity index (χ3n) is 2.55. The van der Waals surface area contributed by atoms with Crippen molar-refractivity contribution in [2.24, 2.45) is 0 Å². The summed E-state index contributed by atoms with van der Waals surface area (Å²) < 4.78 is 5.30. The highest BCUT2D eigenvalue weighted by Crippen LogP contribution is 1.98. The molecule has 0 saturated carbocycles. The van der Waals surface area contributed by atoms with Crippen LogP contribution in [0.1, 0.15) is 32.6 Å². The molecule has 1 rings (SSSR count). The summed E-state index contributed by atoms with van der Waals surface area (Å²) in [5, 5.41) is 6.23. The van der Waals surface area contributed by atoms with Gasteiger partial charge in [-0.3, -0.25) is 4.79 Å². The first-order valence-corrected chi connectivity index (χ1v) is 5.90. The van der Waals surface area contributed by atoms with Crippen molar-refractivity contribution in [1.82, 2.24) is 10.6 Å². The lowest BCUT2D eigenvalue weighted by atomic mass is 10.2. The minimum atomic E-state index is 0.163. The van der Waals surface area contributed by atoms with Gasteiger partial charge in [-0.05, 0) is 6.42 Å². The molecule has 88 valence electrons. The van der Waals surface area contributed by atoms with Crippen molar-refractivity contribution in [3.05, 3.63) is 0 Å². The first kappa shape index (κ1) is 12.5. The van der Waals surface area contributed by atoms with Gasteiger partial charge in [-0.1, -0.05) is 19.8 Å². The Morgan fingerprint density at radius 3 is 3.07 bits per heavy atom. The minimum Gasteiger partial charge on any atom is -0.378 e. The van der Waals surface area contributed by atoms with Crippen LogP contribution in [-0.2, 0) is 9.53 Å². The average molecular weight is 214 g/mol. The quantitative estimate of drug-likeness (QED) is 0.639. The average Bonchev–Trinajstić information content (AvgIpc) is 2.28. The van der Waals surface area contributed by atoms with Crippen LogP contribution in [0.3, 0.4) is 0 Å². The van der Waals surface area contributed by atoms with Gasteiger partial charge in [0.2, 0.25) is 5.91 Å². The van der Waals surface area contributed by atoms with Crippen molar-refractivity contribution >= 4 is 5.91 Å². The van der Waals surface area contributed by atoms with Gasteiger partial charge in [0.15, 0.2) is 0 Å². The molecule has 0 radical (unpaired) electrons. The third kappa shape index (κ3) is 5.74. The Labute approximate surface area is 91.8 Å². The molecule has 2 N–H and O–H groups in total. The van der Waals surface area contributed by atoms with Crippen molar-refractivity contribution in [3.8, 4) is 0 Å². The molecule has 1 aliphatic rings. The molecule has 4 heteroatoms. The highest BCUT2D eigenvalue weighted by molar-refractivity contribution is 5.75. The zero-order valence-corrected chi connectivity index (χ0v) is 9.55. The van der Waals surface area contributed by atoms with Crippen LogP contribution in [0.15, 0.2) is 0 Å². The smallest absolute Gasteiger partial charge is 0.220 e. The predicted molar refractivity (Wildman–Crippen MR) is 59.8 cm³/mol. The molecule has 0 aliphatic carbocycles.